The van der Waals surface area contributed by atoms with Crippen LogP contribution in [0.15, 0.2) is 18.2 Å². The second-order valence-electron chi connectivity index (χ2n) is 8.67. The van der Waals surface area contributed by atoms with Crippen molar-refractivity contribution >= 4 is 11.8 Å². The summed E-state index contributed by atoms with van der Waals surface area (Å²) in [5.74, 6) is -1.39. The summed E-state index contributed by atoms with van der Waals surface area (Å²) in [4.78, 5) is 27.7. The highest BCUT2D eigenvalue weighted by atomic mass is 19.4. The lowest BCUT2D eigenvalue weighted by molar-refractivity contribution is -0.144. The van der Waals surface area contributed by atoms with E-state index in [-0.39, 0.29) is 18.4 Å². The highest BCUT2D eigenvalue weighted by Crippen LogP contribution is 2.38. The molecule has 0 radical (unpaired) electrons. The third-order valence-electron chi connectivity index (χ3n) is 6.60. The van der Waals surface area contributed by atoms with Crippen LogP contribution in [0.4, 0.5) is 13.2 Å². The first-order chi connectivity index (χ1) is 14.2. The fourth-order valence-electron chi connectivity index (χ4n) is 4.61. The SMILES string of the molecule is N#CC1(NC(=O)[C@@H]2CCCC[C@H]2C(=O)N2CCc3ccc(C(F)(F)F)cc3C2)CC1. The van der Waals surface area contributed by atoms with Crippen LogP contribution < -0.4 is 5.32 Å². The Morgan fingerprint density at radius 1 is 1.13 bits per heavy atom. The zero-order chi connectivity index (χ0) is 21.5. The second kappa shape index (κ2) is 7.60. The number of nitrogens with one attached hydrogen (secondary N) is 1. The Labute approximate surface area is 173 Å². The maximum absolute atomic E-state index is 13.3. The van der Waals surface area contributed by atoms with Crippen molar-refractivity contribution in [1.29, 1.82) is 5.26 Å². The van der Waals surface area contributed by atoms with Gasteiger partial charge in [0.1, 0.15) is 5.54 Å². The molecule has 4 rings (SSSR count). The van der Waals surface area contributed by atoms with Crippen LogP contribution in [0.1, 0.15) is 55.2 Å². The first kappa shape index (κ1) is 20.7. The Morgan fingerprint density at radius 3 is 2.47 bits per heavy atom. The van der Waals surface area contributed by atoms with E-state index in [1.807, 2.05) is 0 Å². The molecule has 0 bridgehead atoms. The Morgan fingerprint density at radius 2 is 1.83 bits per heavy atom. The molecule has 5 nitrogen and oxygen atoms in total. The van der Waals surface area contributed by atoms with Gasteiger partial charge in [-0.3, -0.25) is 9.59 Å². The molecule has 2 aliphatic carbocycles. The van der Waals surface area contributed by atoms with Gasteiger partial charge in [0.2, 0.25) is 11.8 Å². The number of nitrogens with zero attached hydrogens (tertiary/aromatic N) is 2. The van der Waals surface area contributed by atoms with E-state index in [2.05, 4.69) is 11.4 Å². The quantitative estimate of drug-likeness (QED) is 0.814. The molecule has 0 unspecified atom stereocenters. The average Bonchev–Trinajstić information content (AvgIpc) is 3.51. The fourth-order valence-corrected chi connectivity index (χ4v) is 4.61. The number of carbonyl (C=O) groups excluding carboxylic acids is 2. The highest BCUT2D eigenvalue weighted by molar-refractivity contribution is 5.88. The lowest BCUT2D eigenvalue weighted by Gasteiger charge is -2.36. The minimum atomic E-state index is -4.42. The molecule has 2 saturated carbocycles. The summed E-state index contributed by atoms with van der Waals surface area (Å²) in [5, 5.41) is 12.1. The van der Waals surface area contributed by atoms with Crippen LogP contribution in [0.25, 0.3) is 0 Å². The van der Waals surface area contributed by atoms with Gasteiger partial charge in [0, 0.05) is 24.9 Å². The molecule has 160 valence electrons. The summed E-state index contributed by atoms with van der Waals surface area (Å²) in [7, 11) is 0. The summed E-state index contributed by atoms with van der Waals surface area (Å²) >= 11 is 0. The predicted molar refractivity (Wildman–Crippen MR) is 102 cm³/mol. The van der Waals surface area contributed by atoms with Gasteiger partial charge in [0.05, 0.1) is 11.6 Å². The van der Waals surface area contributed by atoms with E-state index in [0.29, 0.717) is 44.2 Å². The molecule has 2 amide bonds. The van der Waals surface area contributed by atoms with Crippen LogP contribution in [0, 0.1) is 23.2 Å². The summed E-state index contributed by atoms with van der Waals surface area (Å²) < 4.78 is 39.2. The number of hydrogen-bond acceptors (Lipinski definition) is 3. The number of benzene rings is 1. The maximum Gasteiger partial charge on any atom is 0.416 e. The van der Waals surface area contributed by atoms with Gasteiger partial charge in [0.15, 0.2) is 0 Å². The van der Waals surface area contributed by atoms with Crippen molar-refractivity contribution in [3.8, 4) is 6.07 Å². The van der Waals surface area contributed by atoms with Crippen LogP contribution in [-0.2, 0) is 28.7 Å². The standard InChI is InChI=1S/C22H24F3N3O2/c23-22(24,25)16-6-5-14-7-10-28(12-15(14)11-16)20(30)18-4-2-1-3-17(18)19(29)27-21(13-26)8-9-21/h5-6,11,17-18H,1-4,7-10,12H2,(H,27,29)/t17-,18-/m1/s1. The summed E-state index contributed by atoms with van der Waals surface area (Å²) in [6, 6.07) is 5.85. The van der Waals surface area contributed by atoms with Gasteiger partial charge in [-0.25, -0.2) is 0 Å². The van der Waals surface area contributed by atoms with E-state index in [1.165, 1.54) is 6.07 Å². The molecule has 1 aromatic carbocycles. The Hall–Kier alpha value is -2.56. The molecule has 1 N–H and O–H groups in total. The second-order valence-corrected chi connectivity index (χ2v) is 8.67. The molecule has 0 spiro atoms. The van der Waals surface area contributed by atoms with Gasteiger partial charge in [-0.1, -0.05) is 18.9 Å². The maximum atomic E-state index is 13.3. The Balaban J connectivity index is 1.49. The molecule has 8 heteroatoms. The molecule has 3 aliphatic rings. The highest BCUT2D eigenvalue weighted by Gasteiger charge is 2.47. The minimum absolute atomic E-state index is 0.130. The van der Waals surface area contributed by atoms with Crippen molar-refractivity contribution < 1.29 is 22.8 Å². The molecular weight excluding hydrogens is 395 g/mol. The van der Waals surface area contributed by atoms with Gasteiger partial charge in [-0.05, 0) is 55.4 Å². The minimum Gasteiger partial charge on any atom is -0.338 e. The van der Waals surface area contributed by atoms with Crippen molar-refractivity contribution in [3.05, 3.63) is 34.9 Å². The van der Waals surface area contributed by atoms with Crippen molar-refractivity contribution in [1.82, 2.24) is 10.2 Å². The van der Waals surface area contributed by atoms with Gasteiger partial charge < -0.3 is 10.2 Å². The molecule has 1 aromatic rings. The lowest BCUT2D eigenvalue weighted by atomic mass is 9.77. The molecule has 30 heavy (non-hydrogen) atoms. The van der Waals surface area contributed by atoms with Crippen molar-refractivity contribution in [3.63, 3.8) is 0 Å². The Bertz CT molecular complexity index is 902. The molecule has 2 atom stereocenters. The lowest BCUT2D eigenvalue weighted by Crippen LogP contribution is -2.48. The number of hydrogen-bond donors (Lipinski definition) is 1. The number of carbonyl (C=O) groups is 2. The topological polar surface area (TPSA) is 73.2 Å². The fraction of sp³-hybridized carbons (Fsp3) is 0.591. The van der Waals surface area contributed by atoms with Crippen molar-refractivity contribution in [2.45, 2.75) is 63.2 Å². The molecular formula is C22H24F3N3O2. The third kappa shape index (κ3) is 4.03. The average molecular weight is 419 g/mol. The number of fused-ring (bicyclic) bond motifs is 1. The zero-order valence-electron chi connectivity index (χ0n) is 16.6. The smallest absolute Gasteiger partial charge is 0.338 e. The third-order valence-corrected chi connectivity index (χ3v) is 6.60. The van der Waals surface area contributed by atoms with Gasteiger partial charge in [-0.15, -0.1) is 0 Å². The van der Waals surface area contributed by atoms with Crippen molar-refractivity contribution in [2.24, 2.45) is 11.8 Å². The first-order valence-electron chi connectivity index (χ1n) is 10.4. The molecule has 0 saturated heterocycles. The normalized spacial score (nSPS) is 25.1. The predicted octanol–water partition coefficient (Wildman–Crippen LogP) is 3.57. The summed E-state index contributed by atoms with van der Waals surface area (Å²) in [5.41, 5.74) is -0.144. The molecule has 1 heterocycles. The largest absolute Gasteiger partial charge is 0.416 e. The number of nitriles is 1. The van der Waals surface area contributed by atoms with Crippen LogP contribution in [0.2, 0.25) is 0 Å². The number of halogens is 3. The Kier molecular flexibility index (Phi) is 5.25. The summed E-state index contributed by atoms with van der Waals surface area (Å²) in [6.07, 6.45) is 0.198. The summed E-state index contributed by atoms with van der Waals surface area (Å²) in [6.45, 7) is 0.565. The van der Waals surface area contributed by atoms with Crippen LogP contribution in [-0.4, -0.2) is 28.8 Å². The van der Waals surface area contributed by atoms with E-state index in [0.717, 1.165) is 30.5 Å². The van der Waals surface area contributed by atoms with Gasteiger partial charge in [-0.2, -0.15) is 18.4 Å². The van der Waals surface area contributed by atoms with Gasteiger partial charge in [0.25, 0.3) is 0 Å². The molecule has 2 fully saturated rings. The van der Waals surface area contributed by atoms with E-state index in [4.69, 9.17) is 0 Å². The van der Waals surface area contributed by atoms with E-state index < -0.39 is 29.1 Å². The van der Waals surface area contributed by atoms with Crippen LogP contribution in [0.5, 0.6) is 0 Å². The zero-order valence-corrected chi connectivity index (χ0v) is 16.6. The van der Waals surface area contributed by atoms with Gasteiger partial charge >= 0.3 is 6.18 Å². The monoisotopic (exact) mass is 419 g/mol. The van der Waals surface area contributed by atoms with E-state index in [9.17, 15) is 28.0 Å². The van der Waals surface area contributed by atoms with Crippen molar-refractivity contribution in [2.75, 3.05) is 6.54 Å². The van der Waals surface area contributed by atoms with E-state index >= 15 is 0 Å². The first-order valence-corrected chi connectivity index (χ1v) is 10.4. The number of amides is 2. The van der Waals surface area contributed by atoms with Crippen LogP contribution >= 0.6 is 0 Å². The number of rotatable bonds is 3. The molecule has 1 aliphatic heterocycles. The van der Waals surface area contributed by atoms with E-state index in [1.54, 1.807) is 4.90 Å². The molecule has 0 aromatic heterocycles. The number of alkyl halides is 3. The van der Waals surface area contributed by atoms with Crippen LogP contribution in [0.3, 0.4) is 0 Å².